The number of rotatable bonds is 3. The molecule has 0 saturated carbocycles. The first-order chi connectivity index (χ1) is 16.7. The van der Waals surface area contributed by atoms with Crippen LogP contribution in [0.25, 0.3) is 10.9 Å². The minimum atomic E-state index is -4.49. The van der Waals surface area contributed by atoms with Gasteiger partial charge in [-0.25, -0.2) is 4.79 Å². The van der Waals surface area contributed by atoms with E-state index in [1.54, 1.807) is 12.0 Å². The van der Waals surface area contributed by atoms with Gasteiger partial charge in [-0.15, -0.1) is 0 Å². The van der Waals surface area contributed by atoms with E-state index in [9.17, 15) is 18.0 Å². The lowest BCUT2D eigenvalue weighted by molar-refractivity contribution is -0.137. The molecule has 5 rings (SSSR count). The number of nitrogens with zero attached hydrogens (tertiary/aromatic N) is 1. The van der Waals surface area contributed by atoms with Crippen LogP contribution in [0.5, 0.6) is 5.75 Å². The standard InChI is InChI=1S/C27H24F3N3O2/c1-16-6-8-17(9-7-16)25-24-21(22-15-20(35-2)10-11-23(22)32-24)12-13-33(25)26(34)31-19-5-3-4-18(14-19)27(28,29)30/h3-11,14-15,25,32H,12-13H2,1-2H3,(H,31,34). The first kappa shape index (κ1) is 22.8. The van der Waals surface area contributed by atoms with Gasteiger partial charge in [-0.2, -0.15) is 13.2 Å². The van der Waals surface area contributed by atoms with E-state index < -0.39 is 23.8 Å². The van der Waals surface area contributed by atoms with Crippen LogP contribution in [0.2, 0.25) is 0 Å². The Kier molecular flexibility index (Phi) is 5.67. The molecule has 0 fully saturated rings. The quantitative estimate of drug-likeness (QED) is 0.344. The highest BCUT2D eigenvalue weighted by Crippen LogP contribution is 2.40. The molecule has 4 aromatic rings. The minimum absolute atomic E-state index is 0.0969. The molecule has 1 aliphatic rings. The number of amides is 2. The van der Waals surface area contributed by atoms with Crippen molar-refractivity contribution in [3.05, 3.63) is 94.7 Å². The molecule has 0 radical (unpaired) electrons. The summed E-state index contributed by atoms with van der Waals surface area (Å²) < 4.78 is 44.9. The summed E-state index contributed by atoms with van der Waals surface area (Å²) in [5.74, 6) is 0.746. The average molecular weight is 480 g/mol. The fraction of sp³-hybridized carbons (Fsp3) is 0.222. The molecule has 1 aliphatic heterocycles. The van der Waals surface area contributed by atoms with E-state index in [0.717, 1.165) is 51.2 Å². The third kappa shape index (κ3) is 4.32. The van der Waals surface area contributed by atoms with Gasteiger partial charge in [0.15, 0.2) is 0 Å². The molecule has 2 amide bonds. The highest BCUT2D eigenvalue weighted by Gasteiger charge is 2.35. The summed E-state index contributed by atoms with van der Waals surface area (Å²) in [7, 11) is 1.62. The summed E-state index contributed by atoms with van der Waals surface area (Å²) in [6.45, 7) is 2.39. The number of urea groups is 1. The second-order valence-corrected chi connectivity index (χ2v) is 8.69. The molecule has 35 heavy (non-hydrogen) atoms. The maximum Gasteiger partial charge on any atom is 0.416 e. The van der Waals surface area contributed by atoms with Crippen LogP contribution in [-0.2, 0) is 12.6 Å². The number of H-pyrrole nitrogens is 1. The van der Waals surface area contributed by atoms with Crippen LogP contribution in [0, 0.1) is 6.92 Å². The maximum atomic E-state index is 13.4. The number of nitrogens with one attached hydrogen (secondary N) is 2. The van der Waals surface area contributed by atoms with Gasteiger partial charge in [0.05, 0.1) is 18.7 Å². The van der Waals surface area contributed by atoms with Gasteiger partial charge < -0.3 is 19.9 Å². The molecule has 8 heteroatoms. The lowest BCUT2D eigenvalue weighted by atomic mass is 9.92. The third-order valence-corrected chi connectivity index (χ3v) is 6.43. The van der Waals surface area contributed by atoms with Crippen molar-refractivity contribution in [2.75, 3.05) is 19.0 Å². The molecule has 0 spiro atoms. The number of carbonyl (C=O) groups excluding carboxylic acids is 1. The molecule has 2 heterocycles. The second kappa shape index (κ2) is 8.69. The van der Waals surface area contributed by atoms with Gasteiger partial charge in [-0.3, -0.25) is 0 Å². The average Bonchev–Trinajstić information content (AvgIpc) is 3.21. The molecule has 1 aromatic heterocycles. The van der Waals surface area contributed by atoms with Gasteiger partial charge in [-0.1, -0.05) is 35.9 Å². The zero-order chi connectivity index (χ0) is 24.7. The number of methoxy groups -OCH3 is 1. The van der Waals surface area contributed by atoms with Gasteiger partial charge in [0.1, 0.15) is 5.75 Å². The van der Waals surface area contributed by atoms with Crippen LogP contribution in [0.1, 0.15) is 34.0 Å². The van der Waals surface area contributed by atoms with Crippen LogP contribution in [0.4, 0.5) is 23.7 Å². The number of aryl methyl sites for hydroxylation is 1. The normalized spacial score (nSPS) is 15.7. The van der Waals surface area contributed by atoms with E-state index in [-0.39, 0.29) is 5.69 Å². The van der Waals surface area contributed by atoms with Crippen LogP contribution >= 0.6 is 0 Å². The van der Waals surface area contributed by atoms with Crippen molar-refractivity contribution in [3.8, 4) is 5.75 Å². The van der Waals surface area contributed by atoms with Crippen molar-refractivity contribution in [1.82, 2.24) is 9.88 Å². The van der Waals surface area contributed by atoms with Crippen molar-refractivity contribution in [2.24, 2.45) is 0 Å². The number of carbonyl (C=O) groups is 1. The number of benzene rings is 3. The molecule has 1 unspecified atom stereocenters. The van der Waals surface area contributed by atoms with Gasteiger partial charge in [0.25, 0.3) is 0 Å². The Labute approximate surface area is 200 Å². The lowest BCUT2D eigenvalue weighted by Crippen LogP contribution is -2.43. The van der Waals surface area contributed by atoms with Crippen LogP contribution in [0.15, 0.2) is 66.7 Å². The third-order valence-electron chi connectivity index (χ3n) is 6.43. The Bertz CT molecular complexity index is 1390. The summed E-state index contributed by atoms with van der Waals surface area (Å²) in [6, 6.07) is 17.5. The van der Waals surface area contributed by atoms with Gasteiger partial charge in [-0.05, 0) is 60.9 Å². The van der Waals surface area contributed by atoms with Crippen LogP contribution in [0.3, 0.4) is 0 Å². The zero-order valence-corrected chi connectivity index (χ0v) is 19.2. The minimum Gasteiger partial charge on any atom is -0.497 e. The molecule has 0 aliphatic carbocycles. The molecule has 3 aromatic carbocycles. The summed E-state index contributed by atoms with van der Waals surface area (Å²) in [6.07, 6.45) is -3.89. The molecule has 2 N–H and O–H groups in total. The van der Waals surface area contributed by atoms with Gasteiger partial charge >= 0.3 is 12.2 Å². The van der Waals surface area contributed by atoms with Crippen molar-refractivity contribution in [1.29, 1.82) is 0 Å². The van der Waals surface area contributed by atoms with Crippen LogP contribution < -0.4 is 10.1 Å². The number of halogens is 3. The molecule has 180 valence electrons. The summed E-state index contributed by atoms with van der Waals surface area (Å²) in [4.78, 5) is 18.6. The number of hydrogen-bond acceptors (Lipinski definition) is 2. The maximum absolute atomic E-state index is 13.4. The first-order valence-corrected chi connectivity index (χ1v) is 11.2. The fourth-order valence-electron chi connectivity index (χ4n) is 4.68. The van der Waals surface area contributed by atoms with E-state index in [1.165, 1.54) is 12.1 Å². The number of ether oxygens (including phenoxy) is 1. The number of aromatic nitrogens is 1. The Morgan fingerprint density at radius 3 is 2.57 bits per heavy atom. The SMILES string of the molecule is COc1ccc2[nH]c3c(c2c1)CCN(C(=O)Nc1cccc(C(F)(F)F)c1)C3c1ccc(C)cc1. The molecule has 0 saturated heterocycles. The first-order valence-electron chi connectivity index (χ1n) is 11.2. The summed E-state index contributed by atoms with van der Waals surface area (Å²) >= 11 is 0. The van der Waals surface area contributed by atoms with Crippen molar-refractivity contribution in [2.45, 2.75) is 25.6 Å². The molecular weight excluding hydrogens is 455 g/mol. The Morgan fingerprint density at radius 1 is 1.09 bits per heavy atom. The summed E-state index contributed by atoms with van der Waals surface area (Å²) in [5.41, 5.74) is 4.22. The van der Waals surface area contributed by atoms with E-state index in [4.69, 9.17) is 4.74 Å². The van der Waals surface area contributed by atoms with Gasteiger partial charge in [0, 0.05) is 28.8 Å². The number of fused-ring (bicyclic) bond motifs is 3. The van der Waals surface area contributed by atoms with E-state index in [2.05, 4.69) is 10.3 Å². The largest absolute Gasteiger partial charge is 0.497 e. The number of alkyl halides is 3. The number of anilines is 1. The predicted molar refractivity (Wildman–Crippen MR) is 129 cm³/mol. The predicted octanol–water partition coefficient (Wildman–Crippen LogP) is 6.68. The van der Waals surface area contributed by atoms with Gasteiger partial charge in [0.2, 0.25) is 0 Å². The number of aromatic amines is 1. The molecular formula is C27H24F3N3O2. The topological polar surface area (TPSA) is 57.4 Å². The zero-order valence-electron chi connectivity index (χ0n) is 19.2. The van der Waals surface area contributed by atoms with Crippen molar-refractivity contribution < 1.29 is 22.7 Å². The monoisotopic (exact) mass is 479 g/mol. The smallest absolute Gasteiger partial charge is 0.416 e. The van der Waals surface area contributed by atoms with E-state index in [1.807, 2.05) is 49.4 Å². The second-order valence-electron chi connectivity index (χ2n) is 8.69. The molecule has 1 atom stereocenters. The highest BCUT2D eigenvalue weighted by atomic mass is 19.4. The van der Waals surface area contributed by atoms with E-state index >= 15 is 0 Å². The van der Waals surface area contributed by atoms with Crippen molar-refractivity contribution >= 4 is 22.6 Å². The summed E-state index contributed by atoms with van der Waals surface area (Å²) in [5, 5.41) is 3.71. The number of hydrogen-bond donors (Lipinski definition) is 2. The Hall–Kier alpha value is -3.94. The Morgan fingerprint density at radius 2 is 1.86 bits per heavy atom. The fourth-order valence-corrected chi connectivity index (χ4v) is 4.68. The highest BCUT2D eigenvalue weighted by molar-refractivity contribution is 5.92. The lowest BCUT2D eigenvalue weighted by Gasteiger charge is -2.36. The van der Waals surface area contributed by atoms with Crippen LogP contribution in [-0.4, -0.2) is 29.6 Å². The molecule has 0 bridgehead atoms. The van der Waals surface area contributed by atoms with Crippen molar-refractivity contribution in [3.63, 3.8) is 0 Å². The molecule has 5 nitrogen and oxygen atoms in total. The van der Waals surface area contributed by atoms with E-state index in [0.29, 0.717) is 13.0 Å². The Balaban J connectivity index is 1.55.